The number of methoxy groups -OCH3 is 1. The summed E-state index contributed by atoms with van der Waals surface area (Å²) in [5, 5.41) is 0. The second-order valence-electron chi connectivity index (χ2n) is 2.70. The summed E-state index contributed by atoms with van der Waals surface area (Å²) in [4.78, 5) is 4.20. The summed E-state index contributed by atoms with van der Waals surface area (Å²) in [6.45, 7) is 6.01. The number of fused-ring (bicyclic) bond motifs is 1. The molecular formula is C11H16N2O. The summed E-state index contributed by atoms with van der Waals surface area (Å²) in [7, 11) is 1.66. The van der Waals surface area contributed by atoms with E-state index in [0.717, 1.165) is 17.1 Å². The van der Waals surface area contributed by atoms with Gasteiger partial charge in [-0.05, 0) is 19.1 Å². The molecule has 0 spiro atoms. The Hall–Kier alpha value is -1.51. The van der Waals surface area contributed by atoms with E-state index in [1.807, 2.05) is 49.7 Å². The van der Waals surface area contributed by atoms with Gasteiger partial charge >= 0.3 is 0 Å². The molecule has 0 bridgehead atoms. The molecule has 0 atom stereocenters. The molecule has 3 nitrogen and oxygen atoms in total. The van der Waals surface area contributed by atoms with E-state index in [2.05, 4.69) is 4.98 Å². The zero-order valence-corrected chi connectivity index (χ0v) is 9.11. The Labute approximate surface area is 84.3 Å². The number of nitrogens with zero attached hydrogens (tertiary/aromatic N) is 2. The van der Waals surface area contributed by atoms with Crippen LogP contribution in [0.15, 0.2) is 24.5 Å². The average Bonchev–Trinajstić information content (AvgIpc) is 2.63. The molecule has 2 rings (SSSR count). The number of pyridine rings is 1. The fraction of sp³-hybridized carbons (Fsp3) is 0.364. The Morgan fingerprint density at radius 1 is 1.29 bits per heavy atom. The topological polar surface area (TPSA) is 26.5 Å². The number of ether oxygens (including phenoxy) is 1. The monoisotopic (exact) mass is 192 g/mol. The molecule has 14 heavy (non-hydrogen) atoms. The van der Waals surface area contributed by atoms with Crippen molar-refractivity contribution < 1.29 is 4.74 Å². The molecule has 0 fully saturated rings. The van der Waals surface area contributed by atoms with Crippen LogP contribution in [-0.2, 0) is 0 Å². The maximum absolute atomic E-state index is 5.10. The van der Waals surface area contributed by atoms with Gasteiger partial charge in [0.1, 0.15) is 11.4 Å². The van der Waals surface area contributed by atoms with Crippen LogP contribution in [-0.4, -0.2) is 16.5 Å². The molecule has 0 amide bonds. The SMILES string of the molecule is CC.COc1ccc2ncc(C)n2c1. The molecular weight excluding hydrogens is 176 g/mol. The first kappa shape index (κ1) is 10.6. The molecule has 2 aromatic heterocycles. The van der Waals surface area contributed by atoms with Gasteiger partial charge in [-0.1, -0.05) is 13.8 Å². The molecule has 0 radical (unpaired) electrons. The van der Waals surface area contributed by atoms with Gasteiger partial charge in [0, 0.05) is 11.9 Å². The third-order valence-electron chi connectivity index (χ3n) is 1.90. The zero-order valence-electron chi connectivity index (χ0n) is 9.11. The summed E-state index contributed by atoms with van der Waals surface area (Å²) < 4.78 is 7.10. The molecule has 0 aliphatic carbocycles. The molecule has 0 aromatic carbocycles. The molecule has 2 aromatic rings. The van der Waals surface area contributed by atoms with E-state index in [1.165, 1.54) is 0 Å². The van der Waals surface area contributed by atoms with Crippen molar-refractivity contribution in [3.8, 4) is 5.75 Å². The first-order chi connectivity index (χ1) is 6.81. The van der Waals surface area contributed by atoms with E-state index in [9.17, 15) is 0 Å². The van der Waals surface area contributed by atoms with Crippen molar-refractivity contribution in [2.24, 2.45) is 0 Å². The average molecular weight is 192 g/mol. The lowest BCUT2D eigenvalue weighted by molar-refractivity contribution is 0.412. The third kappa shape index (κ3) is 1.87. The van der Waals surface area contributed by atoms with Crippen molar-refractivity contribution in [1.29, 1.82) is 0 Å². The van der Waals surface area contributed by atoms with Gasteiger partial charge < -0.3 is 9.14 Å². The lowest BCUT2D eigenvalue weighted by Gasteiger charge is -2.00. The number of hydrogen-bond donors (Lipinski definition) is 0. The number of rotatable bonds is 1. The van der Waals surface area contributed by atoms with Crippen molar-refractivity contribution >= 4 is 5.65 Å². The fourth-order valence-corrected chi connectivity index (χ4v) is 1.20. The standard InChI is InChI=1S/C9H10N2O.C2H6/c1-7-5-10-9-4-3-8(12-2)6-11(7)9;1-2/h3-6H,1-2H3;1-2H3. The van der Waals surface area contributed by atoms with E-state index in [1.54, 1.807) is 7.11 Å². The maximum Gasteiger partial charge on any atom is 0.137 e. The molecule has 0 saturated carbocycles. The molecule has 2 heterocycles. The van der Waals surface area contributed by atoms with Crippen molar-refractivity contribution in [3.63, 3.8) is 0 Å². The highest BCUT2D eigenvalue weighted by Crippen LogP contribution is 2.13. The molecule has 3 heteroatoms. The second-order valence-corrected chi connectivity index (χ2v) is 2.70. The van der Waals surface area contributed by atoms with Crippen LogP contribution in [0.2, 0.25) is 0 Å². The van der Waals surface area contributed by atoms with Crippen LogP contribution in [0.25, 0.3) is 5.65 Å². The van der Waals surface area contributed by atoms with E-state index in [4.69, 9.17) is 4.74 Å². The van der Waals surface area contributed by atoms with Gasteiger partial charge in [0.15, 0.2) is 0 Å². The number of aryl methyl sites for hydroxylation is 1. The lowest BCUT2D eigenvalue weighted by atomic mass is 10.4. The van der Waals surface area contributed by atoms with E-state index >= 15 is 0 Å². The smallest absolute Gasteiger partial charge is 0.137 e. The largest absolute Gasteiger partial charge is 0.495 e. The quantitative estimate of drug-likeness (QED) is 0.694. The summed E-state index contributed by atoms with van der Waals surface area (Å²) >= 11 is 0. The number of hydrogen-bond acceptors (Lipinski definition) is 2. The Kier molecular flexibility index (Phi) is 3.51. The van der Waals surface area contributed by atoms with Crippen LogP contribution in [0, 0.1) is 6.92 Å². The Balaban J connectivity index is 0.000000461. The second kappa shape index (κ2) is 4.65. The van der Waals surface area contributed by atoms with Crippen LogP contribution in [0.4, 0.5) is 0 Å². The molecule has 0 saturated heterocycles. The summed E-state index contributed by atoms with van der Waals surface area (Å²) in [6, 6.07) is 3.84. The van der Waals surface area contributed by atoms with Crippen LogP contribution in [0.5, 0.6) is 5.75 Å². The minimum atomic E-state index is 0.851. The predicted molar refractivity (Wildman–Crippen MR) is 57.8 cm³/mol. The first-order valence-electron chi connectivity index (χ1n) is 4.79. The predicted octanol–water partition coefficient (Wildman–Crippen LogP) is 2.68. The number of aromatic nitrogens is 2. The van der Waals surface area contributed by atoms with Gasteiger partial charge in [-0.25, -0.2) is 4.98 Å². The molecule has 0 N–H and O–H groups in total. The van der Waals surface area contributed by atoms with E-state index in [-0.39, 0.29) is 0 Å². The lowest BCUT2D eigenvalue weighted by Crippen LogP contribution is -1.89. The zero-order chi connectivity index (χ0) is 10.6. The van der Waals surface area contributed by atoms with Crippen molar-refractivity contribution in [2.75, 3.05) is 7.11 Å². The van der Waals surface area contributed by atoms with Gasteiger partial charge in [-0.2, -0.15) is 0 Å². The van der Waals surface area contributed by atoms with Gasteiger partial charge in [-0.15, -0.1) is 0 Å². The van der Waals surface area contributed by atoms with Crippen LogP contribution >= 0.6 is 0 Å². The van der Waals surface area contributed by atoms with Crippen molar-refractivity contribution in [1.82, 2.24) is 9.38 Å². The van der Waals surface area contributed by atoms with Crippen LogP contribution in [0.3, 0.4) is 0 Å². The highest BCUT2D eigenvalue weighted by Gasteiger charge is 1.98. The van der Waals surface area contributed by atoms with Gasteiger partial charge in [0.25, 0.3) is 0 Å². The van der Waals surface area contributed by atoms with Crippen LogP contribution in [0.1, 0.15) is 19.5 Å². The molecule has 0 aliphatic heterocycles. The maximum atomic E-state index is 5.10. The van der Waals surface area contributed by atoms with E-state index in [0.29, 0.717) is 0 Å². The Bertz CT molecular complexity index is 407. The van der Waals surface area contributed by atoms with E-state index < -0.39 is 0 Å². The van der Waals surface area contributed by atoms with Crippen molar-refractivity contribution in [3.05, 3.63) is 30.2 Å². The summed E-state index contributed by atoms with van der Waals surface area (Å²) in [6.07, 6.45) is 3.77. The molecule has 0 unspecified atom stereocenters. The minimum absolute atomic E-state index is 0.851. The Morgan fingerprint density at radius 2 is 2.00 bits per heavy atom. The van der Waals surface area contributed by atoms with Crippen molar-refractivity contribution in [2.45, 2.75) is 20.8 Å². The first-order valence-corrected chi connectivity index (χ1v) is 4.79. The van der Waals surface area contributed by atoms with Gasteiger partial charge in [0.05, 0.1) is 13.3 Å². The highest BCUT2D eigenvalue weighted by atomic mass is 16.5. The summed E-state index contributed by atoms with van der Waals surface area (Å²) in [5.74, 6) is 0.851. The highest BCUT2D eigenvalue weighted by molar-refractivity contribution is 5.43. The normalized spacial score (nSPS) is 9.43. The molecule has 0 aliphatic rings. The minimum Gasteiger partial charge on any atom is -0.495 e. The van der Waals surface area contributed by atoms with Gasteiger partial charge in [-0.3, -0.25) is 0 Å². The number of imidazole rings is 1. The third-order valence-corrected chi connectivity index (χ3v) is 1.90. The molecule has 76 valence electrons. The summed E-state index contributed by atoms with van der Waals surface area (Å²) in [5.41, 5.74) is 2.07. The van der Waals surface area contributed by atoms with Crippen LogP contribution < -0.4 is 4.74 Å². The Morgan fingerprint density at radius 3 is 2.64 bits per heavy atom. The fourth-order valence-electron chi connectivity index (χ4n) is 1.20. The van der Waals surface area contributed by atoms with Gasteiger partial charge in [0.2, 0.25) is 0 Å².